The summed E-state index contributed by atoms with van der Waals surface area (Å²) in [5.41, 5.74) is 6.07. The summed E-state index contributed by atoms with van der Waals surface area (Å²) in [6.45, 7) is 0. The van der Waals surface area contributed by atoms with Gasteiger partial charge >= 0.3 is 5.69 Å². The minimum Gasteiger partial charge on any atom is -0.339 e. The predicted molar refractivity (Wildman–Crippen MR) is 152 cm³/mol. The molecule has 0 atom stereocenters. The van der Waals surface area contributed by atoms with E-state index in [0.717, 1.165) is 82.9 Å². The molecule has 1 N–H and O–H groups in total. The molecule has 0 aliphatic heterocycles. The largest absolute Gasteiger partial charge is 0.339 e. The highest BCUT2D eigenvalue weighted by Crippen LogP contribution is 2.48. The van der Waals surface area contributed by atoms with Crippen LogP contribution in [0.5, 0.6) is 0 Å². The number of rotatable bonds is 6. The predicted octanol–water partition coefficient (Wildman–Crippen LogP) is 4.42. The molecular formula is C29H29N7O3S. The number of aryl methyl sites for hydroxylation is 1. The number of benzene rings is 1. The summed E-state index contributed by atoms with van der Waals surface area (Å²) in [6, 6.07) is 10.7. The van der Waals surface area contributed by atoms with E-state index >= 15 is 0 Å². The van der Waals surface area contributed by atoms with Crippen LogP contribution in [0.1, 0.15) is 50.1 Å². The SMILES string of the molecule is Cn1c(=O)n(C2CCCC2)c2c3c(-c4ccc(C5(C#N)CC5)cc4)c(-c4cnn(CS(C)(=O)=O)c4)[nH]c3ncc21. The third-order valence-corrected chi connectivity index (χ3v) is 9.27. The number of sulfone groups is 1. The average Bonchev–Trinajstić information content (AvgIpc) is 3.29. The van der Waals surface area contributed by atoms with E-state index in [2.05, 4.69) is 16.2 Å². The third kappa shape index (κ3) is 3.81. The van der Waals surface area contributed by atoms with Crippen molar-refractivity contribution in [2.75, 3.05) is 6.26 Å². The first kappa shape index (κ1) is 24.8. The number of hydrogen-bond donors (Lipinski definition) is 1. The van der Waals surface area contributed by atoms with Crippen LogP contribution in [0.2, 0.25) is 0 Å². The highest BCUT2D eigenvalue weighted by molar-refractivity contribution is 7.89. The second-order valence-corrected chi connectivity index (χ2v) is 13.4. The van der Waals surface area contributed by atoms with Crippen LogP contribution in [0.25, 0.3) is 44.5 Å². The average molecular weight is 556 g/mol. The van der Waals surface area contributed by atoms with Crippen LogP contribution >= 0.6 is 0 Å². The van der Waals surface area contributed by atoms with Crippen LogP contribution in [0.15, 0.2) is 47.7 Å². The number of H-pyrrole nitrogens is 1. The molecule has 0 amide bonds. The fraction of sp³-hybridized carbons (Fsp3) is 0.379. The first-order chi connectivity index (χ1) is 19.2. The van der Waals surface area contributed by atoms with E-state index in [1.807, 2.05) is 28.8 Å². The minimum atomic E-state index is -3.28. The highest BCUT2D eigenvalue weighted by Gasteiger charge is 2.44. The van der Waals surface area contributed by atoms with E-state index in [9.17, 15) is 18.5 Å². The first-order valence-corrected chi connectivity index (χ1v) is 15.6. The Morgan fingerprint density at radius 1 is 1.12 bits per heavy atom. The molecule has 10 nitrogen and oxygen atoms in total. The molecule has 2 saturated carbocycles. The minimum absolute atomic E-state index is 0.0501. The molecule has 0 radical (unpaired) electrons. The van der Waals surface area contributed by atoms with E-state index in [0.29, 0.717) is 5.65 Å². The van der Waals surface area contributed by atoms with Crippen LogP contribution in [-0.4, -0.2) is 43.6 Å². The van der Waals surface area contributed by atoms with Crippen LogP contribution in [-0.2, 0) is 28.2 Å². The van der Waals surface area contributed by atoms with Crippen LogP contribution < -0.4 is 5.69 Å². The Morgan fingerprint density at radius 3 is 2.50 bits per heavy atom. The van der Waals surface area contributed by atoms with Gasteiger partial charge in [0.15, 0.2) is 9.84 Å². The number of fused-ring (bicyclic) bond motifs is 3. The Kier molecular flexibility index (Phi) is 5.38. The normalized spacial score (nSPS) is 17.1. The van der Waals surface area contributed by atoms with E-state index in [-0.39, 0.29) is 17.6 Å². The number of nitriles is 1. The van der Waals surface area contributed by atoms with Crippen molar-refractivity contribution in [2.24, 2.45) is 7.05 Å². The van der Waals surface area contributed by atoms with Gasteiger partial charge in [0.1, 0.15) is 11.5 Å². The van der Waals surface area contributed by atoms with E-state index in [1.54, 1.807) is 30.2 Å². The fourth-order valence-electron chi connectivity index (χ4n) is 6.33. The Morgan fingerprint density at radius 2 is 1.85 bits per heavy atom. The molecule has 1 aromatic carbocycles. The number of nitrogens with zero attached hydrogens (tertiary/aromatic N) is 6. The summed E-state index contributed by atoms with van der Waals surface area (Å²) in [4.78, 5) is 21.8. The van der Waals surface area contributed by atoms with Gasteiger partial charge < -0.3 is 4.98 Å². The van der Waals surface area contributed by atoms with Gasteiger partial charge in [-0.3, -0.25) is 13.8 Å². The van der Waals surface area contributed by atoms with Crippen molar-refractivity contribution in [1.29, 1.82) is 5.26 Å². The summed E-state index contributed by atoms with van der Waals surface area (Å²) >= 11 is 0. The summed E-state index contributed by atoms with van der Waals surface area (Å²) in [7, 11) is -1.49. The molecule has 4 aromatic heterocycles. The van der Waals surface area contributed by atoms with Gasteiger partial charge in [0.25, 0.3) is 0 Å². The Labute approximate surface area is 230 Å². The molecule has 2 aliphatic rings. The smallest absolute Gasteiger partial charge is 0.329 e. The quantitative estimate of drug-likeness (QED) is 0.330. The number of aromatic amines is 1. The molecule has 0 spiro atoms. The van der Waals surface area contributed by atoms with Crippen molar-refractivity contribution < 1.29 is 8.42 Å². The lowest BCUT2D eigenvalue weighted by molar-refractivity contribution is 0.510. The van der Waals surface area contributed by atoms with Crippen LogP contribution in [0.4, 0.5) is 0 Å². The van der Waals surface area contributed by atoms with Crippen molar-refractivity contribution in [3.8, 4) is 28.5 Å². The zero-order valence-electron chi connectivity index (χ0n) is 22.4. The maximum absolute atomic E-state index is 13.6. The maximum Gasteiger partial charge on any atom is 0.329 e. The molecule has 7 rings (SSSR count). The van der Waals surface area contributed by atoms with Gasteiger partial charge in [-0.25, -0.2) is 18.2 Å². The number of aromatic nitrogens is 6. The lowest BCUT2D eigenvalue weighted by atomic mass is 9.93. The Bertz CT molecular complexity index is 2010. The van der Waals surface area contributed by atoms with Crippen molar-refractivity contribution in [2.45, 2.75) is 55.9 Å². The summed E-state index contributed by atoms with van der Waals surface area (Å²) in [5.74, 6) is -0.226. The van der Waals surface area contributed by atoms with Gasteiger partial charge in [0.05, 0.1) is 46.0 Å². The zero-order chi connectivity index (χ0) is 27.8. The number of nitrogens with one attached hydrogen (secondary N) is 1. The van der Waals surface area contributed by atoms with Crippen LogP contribution in [0, 0.1) is 11.3 Å². The van der Waals surface area contributed by atoms with E-state index in [1.165, 1.54) is 10.9 Å². The summed E-state index contributed by atoms with van der Waals surface area (Å²) < 4.78 is 28.9. The second-order valence-electron chi connectivity index (χ2n) is 11.3. The monoisotopic (exact) mass is 555 g/mol. The second kappa shape index (κ2) is 8.66. The number of pyridine rings is 1. The summed E-state index contributed by atoms with van der Waals surface area (Å²) in [6.07, 6.45) is 12.1. The van der Waals surface area contributed by atoms with Gasteiger partial charge in [0.2, 0.25) is 0 Å². The van der Waals surface area contributed by atoms with Crippen molar-refractivity contribution in [3.05, 3.63) is 58.9 Å². The van der Waals surface area contributed by atoms with Gasteiger partial charge in [-0.2, -0.15) is 10.4 Å². The molecule has 2 fully saturated rings. The number of hydrogen-bond acceptors (Lipinski definition) is 6. The topological polar surface area (TPSA) is 131 Å². The molecule has 4 heterocycles. The van der Waals surface area contributed by atoms with Crippen molar-refractivity contribution in [1.82, 2.24) is 28.9 Å². The highest BCUT2D eigenvalue weighted by atomic mass is 32.2. The Balaban J connectivity index is 1.52. The molecule has 11 heteroatoms. The molecule has 0 bridgehead atoms. The molecule has 204 valence electrons. The molecule has 40 heavy (non-hydrogen) atoms. The van der Waals surface area contributed by atoms with E-state index in [4.69, 9.17) is 4.98 Å². The van der Waals surface area contributed by atoms with Gasteiger partial charge in [-0.15, -0.1) is 0 Å². The van der Waals surface area contributed by atoms with E-state index < -0.39 is 15.3 Å². The molecule has 0 saturated heterocycles. The first-order valence-electron chi connectivity index (χ1n) is 13.5. The maximum atomic E-state index is 13.6. The van der Waals surface area contributed by atoms with Crippen molar-refractivity contribution in [3.63, 3.8) is 0 Å². The van der Waals surface area contributed by atoms with Gasteiger partial charge in [-0.1, -0.05) is 37.1 Å². The third-order valence-electron chi connectivity index (χ3n) is 8.54. The number of imidazole rings is 1. The van der Waals surface area contributed by atoms with Gasteiger partial charge in [-0.05, 0) is 36.8 Å². The molecule has 2 aliphatic carbocycles. The standard InChI is InChI=1S/C29H29N7O3S/c1-34-22-14-31-27-24(26(22)36(28(34)37)21-5-3-4-6-21)23(18-7-9-20(10-8-18)29(16-30)11-12-29)25(33-27)19-13-32-35(15-19)17-40(2,38)39/h7-10,13-15,21H,3-6,11-12,17H2,1-2H3,(H,31,33). The van der Waals surface area contributed by atoms with Gasteiger partial charge in [0, 0.05) is 36.7 Å². The molecule has 5 aromatic rings. The lowest BCUT2D eigenvalue weighted by Gasteiger charge is -2.13. The van der Waals surface area contributed by atoms with Crippen molar-refractivity contribution >= 4 is 31.9 Å². The molecule has 0 unspecified atom stereocenters. The lowest BCUT2D eigenvalue weighted by Crippen LogP contribution is -2.24. The fourth-order valence-corrected chi connectivity index (χ4v) is 6.96. The Hall–Kier alpha value is -4.17. The molecular weight excluding hydrogens is 526 g/mol. The summed E-state index contributed by atoms with van der Waals surface area (Å²) in [5, 5.41) is 14.9. The zero-order valence-corrected chi connectivity index (χ0v) is 23.2. The van der Waals surface area contributed by atoms with Crippen LogP contribution in [0.3, 0.4) is 0 Å².